The van der Waals surface area contributed by atoms with Gasteiger partial charge in [0, 0.05) is 6.54 Å². The highest BCUT2D eigenvalue weighted by atomic mass is 16.7. The molecule has 0 radical (unpaired) electrons. The topological polar surface area (TPSA) is 83.3 Å². The summed E-state index contributed by atoms with van der Waals surface area (Å²) in [7, 11) is 3.17. The predicted octanol–water partition coefficient (Wildman–Crippen LogP) is 0.893. The number of rotatable bonds is 5. The first-order valence-corrected chi connectivity index (χ1v) is 7.95. The SMILES string of the molecule is COc1ccc(CN2C(=O)[C@@H](N)[C@H]2C2COC(C)(C)O2)cc1OC. The molecule has 1 unspecified atom stereocenters. The van der Waals surface area contributed by atoms with Gasteiger partial charge in [-0.25, -0.2) is 0 Å². The first kappa shape index (κ1) is 17.0. The van der Waals surface area contributed by atoms with Crippen LogP contribution in [0.4, 0.5) is 0 Å². The Balaban J connectivity index is 1.75. The molecule has 24 heavy (non-hydrogen) atoms. The minimum absolute atomic E-state index is 0.0805. The van der Waals surface area contributed by atoms with E-state index in [9.17, 15) is 4.79 Å². The minimum atomic E-state index is -0.641. The van der Waals surface area contributed by atoms with Gasteiger partial charge in [0.15, 0.2) is 17.3 Å². The Morgan fingerprint density at radius 2 is 2.00 bits per heavy atom. The van der Waals surface area contributed by atoms with Crippen LogP contribution >= 0.6 is 0 Å². The summed E-state index contributed by atoms with van der Waals surface area (Å²) < 4.78 is 22.0. The van der Waals surface area contributed by atoms with E-state index >= 15 is 0 Å². The Hall–Kier alpha value is -1.83. The molecule has 2 aliphatic rings. The molecular formula is C17H24N2O5. The zero-order valence-electron chi connectivity index (χ0n) is 14.4. The van der Waals surface area contributed by atoms with Gasteiger partial charge in [-0.05, 0) is 31.5 Å². The maximum Gasteiger partial charge on any atom is 0.242 e. The van der Waals surface area contributed by atoms with Crippen LogP contribution in [0, 0.1) is 0 Å². The van der Waals surface area contributed by atoms with Gasteiger partial charge in [0.25, 0.3) is 0 Å². The van der Waals surface area contributed by atoms with Gasteiger partial charge in [0.05, 0.1) is 26.9 Å². The van der Waals surface area contributed by atoms with Crippen LogP contribution < -0.4 is 15.2 Å². The number of β-lactam (4-membered cyclic amide) rings is 1. The average Bonchev–Trinajstić information content (AvgIpc) is 2.92. The molecule has 7 heteroatoms. The van der Waals surface area contributed by atoms with E-state index in [1.807, 2.05) is 32.0 Å². The van der Waals surface area contributed by atoms with Crippen molar-refractivity contribution in [2.75, 3.05) is 20.8 Å². The molecule has 3 atom stereocenters. The predicted molar refractivity (Wildman–Crippen MR) is 86.8 cm³/mol. The molecule has 0 bridgehead atoms. The second-order valence-corrected chi connectivity index (χ2v) is 6.54. The lowest BCUT2D eigenvalue weighted by atomic mass is 9.90. The number of nitrogens with zero attached hydrogens (tertiary/aromatic N) is 1. The molecule has 0 aromatic heterocycles. The Bertz CT molecular complexity index is 633. The zero-order valence-corrected chi connectivity index (χ0v) is 14.4. The van der Waals surface area contributed by atoms with Crippen LogP contribution in [0.5, 0.6) is 11.5 Å². The van der Waals surface area contributed by atoms with E-state index in [0.717, 1.165) is 5.56 Å². The summed E-state index contributed by atoms with van der Waals surface area (Å²) in [6, 6.07) is 4.86. The van der Waals surface area contributed by atoms with Crippen molar-refractivity contribution in [3.05, 3.63) is 23.8 Å². The summed E-state index contributed by atoms with van der Waals surface area (Å²) >= 11 is 0. The van der Waals surface area contributed by atoms with Crippen LogP contribution in [0.2, 0.25) is 0 Å². The van der Waals surface area contributed by atoms with E-state index < -0.39 is 11.8 Å². The van der Waals surface area contributed by atoms with E-state index in [1.54, 1.807) is 19.1 Å². The van der Waals surface area contributed by atoms with Gasteiger partial charge in [0.1, 0.15) is 12.1 Å². The molecule has 3 rings (SSSR count). The summed E-state index contributed by atoms with van der Waals surface area (Å²) in [5.74, 6) is 0.560. The number of ether oxygens (including phenoxy) is 4. The van der Waals surface area contributed by atoms with Crippen LogP contribution in [0.15, 0.2) is 18.2 Å². The molecule has 2 aliphatic heterocycles. The lowest BCUT2D eigenvalue weighted by molar-refractivity contribution is -0.172. The van der Waals surface area contributed by atoms with Crippen LogP contribution in [0.25, 0.3) is 0 Å². The summed E-state index contributed by atoms with van der Waals surface area (Å²) in [5.41, 5.74) is 6.95. The van der Waals surface area contributed by atoms with E-state index in [0.29, 0.717) is 24.7 Å². The summed E-state index contributed by atoms with van der Waals surface area (Å²) in [6.07, 6.45) is -0.215. The van der Waals surface area contributed by atoms with Gasteiger partial charge in [-0.2, -0.15) is 0 Å². The average molecular weight is 336 g/mol. The Morgan fingerprint density at radius 3 is 2.58 bits per heavy atom. The van der Waals surface area contributed by atoms with E-state index in [-0.39, 0.29) is 18.1 Å². The molecule has 132 valence electrons. The summed E-state index contributed by atoms with van der Waals surface area (Å²) in [6.45, 7) is 4.59. The maximum atomic E-state index is 12.2. The van der Waals surface area contributed by atoms with Crippen LogP contribution in [0.1, 0.15) is 19.4 Å². The summed E-state index contributed by atoms with van der Waals surface area (Å²) in [4.78, 5) is 14.0. The lowest BCUT2D eigenvalue weighted by Crippen LogP contribution is -2.72. The largest absolute Gasteiger partial charge is 0.493 e. The Morgan fingerprint density at radius 1 is 1.29 bits per heavy atom. The fraction of sp³-hybridized carbons (Fsp3) is 0.588. The van der Waals surface area contributed by atoms with Crippen molar-refractivity contribution in [1.82, 2.24) is 4.90 Å². The molecule has 1 amide bonds. The van der Waals surface area contributed by atoms with E-state index in [1.165, 1.54) is 0 Å². The van der Waals surface area contributed by atoms with Crippen LogP contribution in [0.3, 0.4) is 0 Å². The first-order chi connectivity index (χ1) is 11.4. The van der Waals surface area contributed by atoms with E-state index in [4.69, 9.17) is 24.7 Å². The van der Waals surface area contributed by atoms with Crippen molar-refractivity contribution < 1.29 is 23.7 Å². The van der Waals surface area contributed by atoms with Crippen molar-refractivity contribution in [2.24, 2.45) is 5.73 Å². The number of hydrogen-bond donors (Lipinski definition) is 1. The smallest absolute Gasteiger partial charge is 0.242 e. The summed E-state index contributed by atoms with van der Waals surface area (Å²) in [5, 5.41) is 0. The second-order valence-electron chi connectivity index (χ2n) is 6.54. The van der Waals surface area contributed by atoms with Crippen molar-refractivity contribution in [3.8, 4) is 11.5 Å². The normalized spacial score (nSPS) is 28.6. The Labute approximate surface area is 141 Å². The van der Waals surface area contributed by atoms with Gasteiger partial charge in [-0.15, -0.1) is 0 Å². The molecule has 1 aromatic rings. The van der Waals surface area contributed by atoms with Crippen molar-refractivity contribution in [3.63, 3.8) is 0 Å². The van der Waals surface area contributed by atoms with Crippen LogP contribution in [-0.4, -0.2) is 55.6 Å². The maximum absolute atomic E-state index is 12.2. The van der Waals surface area contributed by atoms with E-state index in [2.05, 4.69) is 0 Å². The standard InChI is InChI=1S/C17H24N2O5/c1-17(2)23-9-13(24-17)15-14(18)16(20)19(15)8-10-5-6-11(21-3)12(7-10)22-4/h5-7,13-15H,8-9,18H2,1-4H3/t13?,14-,15+/m0/s1. The van der Waals surface area contributed by atoms with Crippen molar-refractivity contribution >= 4 is 5.91 Å². The highest BCUT2D eigenvalue weighted by Gasteiger charge is 2.52. The number of methoxy groups -OCH3 is 2. The van der Waals surface area contributed by atoms with Gasteiger partial charge in [-0.1, -0.05) is 6.07 Å². The second kappa shape index (κ2) is 6.23. The number of carbonyl (C=O) groups is 1. The van der Waals surface area contributed by atoms with Crippen molar-refractivity contribution in [1.29, 1.82) is 0 Å². The molecule has 0 saturated carbocycles. The van der Waals surface area contributed by atoms with Gasteiger partial charge >= 0.3 is 0 Å². The Kier molecular flexibility index (Phi) is 4.42. The lowest BCUT2D eigenvalue weighted by Gasteiger charge is -2.47. The number of benzene rings is 1. The van der Waals surface area contributed by atoms with Gasteiger partial charge in [0.2, 0.25) is 5.91 Å². The number of carbonyl (C=O) groups excluding carboxylic acids is 1. The third-order valence-electron chi connectivity index (χ3n) is 4.51. The minimum Gasteiger partial charge on any atom is -0.493 e. The zero-order chi connectivity index (χ0) is 17.5. The highest BCUT2D eigenvalue weighted by molar-refractivity contribution is 5.89. The van der Waals surface area contributed by atoms with Crippen LogP contribution in [-0.2, 0) is 20.8 Å². The molecule has 0 spiro atoms. The number of nitrogens with two attached hydrogens (primary N) is 1. The highest BCUT2D eigenvalue weighted by Crippen LogP contribution is 2.34. The molecular weight excluding hydrogens is 312 g/mol. The fourth-order valence-electron chi connectivity index (χ4n) is 3.27. The molecule has 2 heterocycles. The monoisotopic (exact) mass is 336 g/mol. The fourth-order valence-corrected chi connectivity index (χ4v) is 3.27. The molecule has 2 saturated heterocycles. The third kappa shape index (κ3) is 2.94. The molecule has 2 N–H and O–H groups in total. The number of hydrogen-bond acceptors (Lipinski definition) is 6. The van der Waals surface area contributed by atoms with Gasteiger partial charge < -0.3 is 29.6 Å². The van der Waals surface area contributed by atoms with Gasteiger partial charge in [-0.3, -0.25) is 4.79 Å². The first-order valence-electron chi connectivity index (χ1n) is 7.95. The molecule has 7 nitrogen and oxygen atoms in total. The number of amides is 1. The molecule has 1 aromatic carbocycles. The quantitative estimate of drug-likeness (QED) is 0.804. The third-order valence-corrected chi connectivity index (χ3v) is 4.51. The van der Waals surface area contributed by atoms with Crippen molar-refractivity contribution in [2.45, 2.75) is 44.4 Å². The molecule has 2 fully saturated rings. The molecule has 0 aliphatic carbocycles. The number of likely N-dealkylation sites (tertiary alicyclic amines) is 1.